The van der Waals surface area contributed by atoms with Crippen LogP contribution >= 0.6 is 0 Å². The number of rotatable bonds is 4. The van der Waals surface area contributed by atoms with E-state index in [0.29, 0.717) is 17.8 Å². The van der Waals surface area contributed by atoms with E-state index in [1.54, 1.807) is 0 Å². The van der Waals surface area contributed by atoms with Crippen LogP contribution in [0.25, 0.3) is 0 Å². The molecule has 0 bridgehead atoms. The minimum atomic E-state index is -0.149. The molecule has 1 aliphatic heterocycles. The lowest BCUT2D eigenvalue weighted by atomic mass is 9.96. The second kappa shape index (κ2) is 8.29. The summed E-state index contributed by atoms with van der Waals surface area (Å²) in [5.74, 6) is 1.17. The van der Waals surface area contributed by atoms with Crippen molar-refractivity contribution in [3.05, 3.63) is 11.7 Å². The van der Waals surface area contributed by atoms with Gasteiger partial charge in [-0.25, -0.2) is 4.79 Å². The maximum absolute atomic E-state index is 11.9. The predicted molar refractivity (Wildman–Crippen MR) is 85.8 cm³/mol. The fourth-order valence-corrected chi connectivity index (χ4v) is 3.37. The zero-order chi connectivity index (χ0) is 15.9. The summed E-state index contributed by atoms with van der Waals surface area (Å²) in [5.41, 5.74) is 0. The smallest absolute Gasteiger partial charge is 0.315 e. The van der Waals surface area contributed by atoms with Crippen LogP contribution in [0.5, 0.6) is 0 Å². The van der Waals surface area contributed by atoms with Crippen molar-refractivity contribution in [2.75, 3.05) is 6.54 Å². The summed E-state index contributed by atoms with van der Waals surface area (Å²) in [6.45, 7) is 1.27. The maximum atomic E-state index is 11.9. The highest BCUT2D eigenvalue weighted by Crippen LogP contribution is 2.20. The Morgan fingerprint density at radius 1 is 1.13 bits per heavy atom. The standard InChI is InChI=1S/C16H27N5O2/c22-16(19-12-7-3-1-4-8-12)18-11-14-20-15(21-23-14)13-9-5-2-6-10-17-13/h12-13,17H,1-11H2,(H2,18,19,22)/t13-/m0/s1. The van der Waals surface area contributed by atoms with E-state index >= 15 is 0 Å². The first-order valence-electron chi connectivity index (χ1n) is 8.91. The minimum absolute atomic E-state index is 0.149. The molecule has 3 rings (SSSR count). The van der Waals surface area contributed by atoms with Crippen LogP contribution in [-0.4, -0.2) is 28.8 Å². The van der Waals surface area contributed by atoms with Gasteiger partial charge in [0.15, 0.2) is 5.82 Å². The molecular formula is C16H27N5O2. The highest BCUT2D eigenvalue weighted by molar-refractivity contribution is 5.74. The van der Waals surface area contributed by atoms with E-state index in [4.69, 9.17) is 4.52 Å². The molecule has 0 radical (unpaired) electrons. The molecule has 2 fully saturated rings. The number of urea groups is 1. The monoisotopic (exact) mass is 321 g/mol. The van der Waals surface area contributed by atoms with Crippen molar-refractivity contribution >= 4 is 6.03 Å². The first-order valence-corrected chi connectivity index (χ1v) is 8.91. The van der Waals surface area contributed by atoms with Gasteiger partial charge in [-0.15, -0.1) is 0 Å². The van der Waals surface area contributed by atoms with E-state index in [2.05, 4.69) is 26.1 Å². The molecule has 3 N–H and O–H groups in total. The lowest BCUT2D eigenvalue weighted by molar-refractivity contribution is 0.230. The third kappa shape index (κ3) is 4.92. The van der Waals surface area contributed by atoms with E-state index in [-0.39, 0.29) is 18.6 Å². The van der Waals surface area contributed by atoms with Gasteiger partial charge in [-0.2, -0.15) is 4.98 Å². The summed E-state index contributed by atoms with van der Waals surface area (Å²) in [6.07, 6.45) is 10.5. The number of nitrogens with zero attached hydrogens (tertiary/aromatic N) is 2. The van der Waals surface area contributed by atoms with Crippen molar-refractivity contribution in [2.24, 2.45) is 0 Å². The molecule has 1 aromatic heterocycles. The third-order valence-corrected chi connectivity index (χ3v) is 4.70. The first kappa shape index (κ1) is 16.2. The van der Waals surface area contributed by atoms with Crippen LogP contribution < -0.4 is 16.0 Å². The minimum Gasteiger partial charge on any atom is -0.337 e. The molecule has 2 amide bonds. The van der Waals surface area contributed by atoms with Gasteiger partial charge >= 0.3 is 6.03 Å². The Hall–Kier alpha value is -1.63. The Morgan fingerprint density at radius 3 is 2.78 bits per heavy atom. The number of hydrogen-bond acceptors (Lipinski definition) is 5. The zero-order valence-corrected chi connectivity index (χ0v) is 13.6. The van der Waals surface area contributed by atoms with Crippen molar-refractivity contribution in [3.8, 4) is 0 Å². The summed E-state index contributed by atoms with van der Waals surface area (Å²) < 4.78 is 5.26. The molecule has 1 saturated heterocycles. The second-order valence-corrected chi connectivity index (χ2v) is 6.56. The third-order valence-electron chi connectivity index (χ3n) is 4.70. The van der Waals surface area contributed by atoms with Gasteiger partial charge in [0.1, 0.15) is 0 Å². The van der Waals surface area contributed by atoms with Gasteiger partial charge in [0.05, 0.1) is 12.6 Å². The highest BCUT2D eigenvalue weighted by atomic mass is 16.5. The number of hydrogen-bond donors (Lipinski definition) is 3. The summed E-state index contributed by atoms with van der Waals surface area (Å²) in [7, 11) is 0. The SMILES string of the molecule is O=C(NCc1nc([C@@H]2CCCCCN2)no1)NC1CCCCC1. The first-order chi connectivity index (χ1) is 11.3. The molecule has 2 heterocycles. The van der Waals surface area contributed by atoms with Crippen LogP contribution in [0.3, 0.4) is 0 Å². The van der Waals surface area contributed by atoms with Crippen molar-refractivity contribution in [1.82, 2.24) is 26.1 Å². The Bertz CT molecular complexity index is 490. The highest BCUT2D eigenvalue weighted by Gasteiger charge is 2.20. The number of aromatic nitrogens is 2. The van der Waals surface area contributed by atoms with E-state index in [9.17, 15) is 4.79 Å². The Morgan fingerprint density at radius 2 is 1.91 bits per heavy atom. The van der Waals surface area contributed by atoms with Crippen LogP contribution in [0.2, 0.25) is 0 Å². The average Bonchev–Trinajstić information content (AvgIpc) is 2.87. The van der Waals surface area contributed by atoms with Gasteiger partial charge < -0.3 is 20.5 Å². The van der Waals surface area contributed by atoms with E-state index in [1.807, 2.05) is 0 Å². The fraction of sp³-hybridized carbons (Fsp3) is 0.812. The molecule has 7 heteroatoms. The Balaban J connectivity index is 1.44. The fourth-order valence-electron chi connectivity index (χ4n) is 3.37. The van der Waals surface area contributed by atoms with Crippen molar-refractivity contribution < 1.29 is 9.32 Å². The van der Waals surface area contributed by atoms with Crippen molar-refractivity contribution in [1.29, 1.82) is 0 Å². The molecule has 128 valence electrons. The van der Waals surface area contributed by atoms with Gasteiger partial charge in [0.25, 0.3) is 0 Å². The number of carbonyl (C=O) groups excluding carboxylic acids is 1. The summed E-state index contributed by atoms with van der Waals surface area (Å²) in [5, 5.41) is 13.3. The van der Waals surface area contributed by atoms with Gasteiger partial charge in [-0.3, -0.25) is 0 Å². The van der Waals surface area contributed by atoms with Crippen molar-refractivity contribution in [2.45, 2.75) is 76.4 Å². The van der Waals surface area contributed by atoms with Crippen LogP contribution in [0.4, 0.5) is 4.79 Å². The summed E-state index contributed by atoms with van der Waals surface area (Å²) in [6, 6.07) is 0.326. The predicted octanol–water partition coefficient (Wildman–Crippen LogP) is 2.41. The van der Waals surface area contributed by atoms with Gasteiger partial charge in [-0.1, -0.05) is 37.3 Å². The lowest BCUT2D eigenvalue weighted by Crippen LogP contribution is -2.42. The number of nitrogens with one attached hydrogen (secondary N) is 3. The van der Waals surface area contributed by atoms with Gasteiger partial charge in [0, 0.05) is 6.04 Å². The molecule has 1 atom stereocenters. The van der Waals surface area contributed by atoms with E-state index in [1.165, 1.54) is 38.5 Å². The van der Waals surface area contributed by atoms with Crippen LogP contribution in [0, 0.1) is 0 Å². The maximum Gasteiger partial charge on any atom is 0.315 e. The molecule has 1 saturated carbocycles. The van der Waals surface area contributed by atoms with Crippen molar-refractivity contribution in [3.63, 3.8) is 0 Å². The zero-order valence-electron chi connectivity index (χ0n) is 13.6. The van der Waals surface area contributed by atoms with Crippen LogP contribution in [0.15, 0.2) is 4.52 Å². The van der Waals surface area contributed by atoms with E-state index in [0.717, 1.165) is 25.8 Å². The summed E-state index contributed by atoms with van der Waals surface area (Å²) >= 11 is 0. The molecule has 1 aromatic rings. The number of amides is 2. The van der Waals surface area contributed by atoms with Gasteiger partial charge in [0.2, 0.25) is 5.89 Å². The Kier molecular flexibility index (Phi) is 5.85. The molecule has 0 unspecified atom stereocenters. The second-order valence-electron chi connectivity index (χ2n) is 6.56. The van der Waals surface area contributed by atoms with Crippen LogP contribution in [-0.2, 0) is 6.54 Å². The van der Waals surface area contributed by atoms with E-state index < -0.39 is 0 Å². The lowest BCUT2D eigenvalue weighted by Gasteiger charge is -2.22. The normalized spacial score (nSPS) is 23.2. The average molecular weight is 321 g/mol. The molecule has 7 nitrogen and oxygen atoms in total. The molecule has 2 aliphatic rings. The Labute approximate surface area is 137 Å². The molecule has 0 spiro atoms. The summed E-state index contributed by atoms with van der Waals surface area (Å²) in [4.78, 5) is 16.3. The molecule has 0 aromatic carbocycles. The quantitative estimate of drug-likeness (QED) is 0.792. The molecule has 1 aliphatic carbocycles. The number of carbonyl (C=O) groups is 1. The van der Waals surface area contributed by atoms with Gasteiger partial charge in [-0.05, 0) is 32.2 Å². The largest absolute Gasteiger partial charge is 0.337 e. The van der Waals surface area contributed by atoms with Crippen LogP contribution in [0.1, 0.15) is 75.5 Å². The molecular weight excluding hydrogens is 294 g/mol. The molecule has 23 heavy (non-hydrogen) atoms. The topological polar surface area (TPSA) is 92.1 Å².